The molecule has 1 aromatic carbocycles. The zero-order chi connectivity index (χ0) is 13.3. The van der Waals surface area contributed by atoms with E-state index in [2.05, 4.69) is 0 Å². The minimum atomic E-state index is -3.22. The predicted molar refractivity (Wildman–Crippen MR) is 71.2 cm³/mol. The first-order valence-corrected chi connectivity index (χ1v) is 7.99. The van der Waals surface area contributed by atoms with Crippen LogP contribution in [0.25, 0.3) is 0 Å². The highest BCUT2D eigenvalue weighted by molar-refractivity contribution is 7.88. The van der Waals surface area contributed by atoms with E-state index in [1.165, 1.54) is 10.6 Å². The molecule has 0 spiro atoms. The van der Waals surface area contributed by atoms with Crippen LogP contribution in [0.15, 0.2) is 24.3 Å². The van der Waals surface area contributed by atoms with E-state index in [1.807, 2.05) is 12.1 Å². The summed E-state index contributed by atoms with van der Waals surface area (Å²) in [6.07, 6.45) is 1.12. The molecule has 1 aliphatic heterocycles. The van der Waals surface area contributed by atoms with Crippen molar-refractivity contribution in [3.63, 3.8) is 0 Å². The van der Waals surface area contributed by atoms with Crippen LogP contribution >= 0.6 is 11.6 Å². The van der Waals surface area contributed by atoms with Gasteiger partial charge in [0.05, 0.1) is 12.4 Å². The molecule has 4 nitrogen and oxygen atoms in total. The van der Waals surface area contributed by atoms with Crippen molar-refractivity contribution in [1.82, 2.24) is 4.31 Å². The van der Waals surface area contributed by atoms with Crippen molar-refractivity contribution in [2.45, 2.75) is 18.4 Å². The number of benzene rings is 1. The molecule has 0 saturated carbocycles. The molecule has 1 aliphatic rings. The zero-order valence-corrected chi connectivity index (χ0v) is 11.7. The fourth-order valence-electron chi connectivity index (χ4n) is 2.30. The van der Waals surface area contributed by atoms with Crippen molar-refractivity contribution in [2.75, 3.05) is 19.3 Å². The summed E-state index contributed by atoms with van der Waals surface area (Å²) in [6.45, 7) is 0.606. The lowest BCUT2D eigenvalue weighted by Gasteiger charge is -2.34. The van der Waals surface area contributed by atoms with Crippen molar-refractivity contribution < 1.29 is 13.5 Å². The molecule has 1 heterocycles. The van der Waals surface area contributed by atoms with Gasteiger partial charge < -0.3 is 5.11 Å². The number of nitrogens with zero attached hydrogens (tertiary/aromatic N) is 1. The molecule has 1 fully saturated rings. The normalized spacial score (nSPS) is 26.2. The van der Waals surface area contributed by atoms with Crippen molar-refractivity contribution in [1.29, 1.82) is 0 Å². The van der Waals surface area contributed by atoms with Crippen LogP contribution in [0.4, 0.5) is 0 Å². The number of hydrogen-bond acceptors (Lipinski definition) is 3. The number of piperidine rings is 1. The van der Waals surface area contributed by atoms with Crippen LogP contribution in [-0.2, 0) is 10.0 Å². The Kier molecular flexibility index (Phi) is 3.96. The first-order chi connectivity index (χ1) is 8.38. The van der Waals surface area contributed by atoms with Crippen LogP contribution in [-0.4, -0.2) is 43.3 Å². The number of β-amino-alcohol motifs (C(OH)–C–C–N with tert-alkyl or cyclic N) is 1. The molecule has 6 heteroatoms. The van der Waals surface area contributed by atoms with E-state index in [1.54, 1.807) is 12.1 Å². The van der Waals surface area contributed by atoms with Gasteiger partial charge in [-0.2, -0.15) is 4.31 Å². The summed E-state index contributed by atoms with van der Waals surface area (Å²) < 4.78 is 24.2. The van der Waals surface area contributed by atoms with Crippen LogP contribution in [0.2, 0.25) is 5.02 Å². The van der Waals surface area contributed by atoms with Gasteiger partial charge in [-0.15, -0.1) is 0 Å². The molecular weight excluding hydrogens is 274 g/mol. The minimum Gasteiger partial charge on any atom is -0.391 e. The summed E-state index contributed by atoms with van der Waals surface area (Å²) in [5, 5.41) is 10.7. The highest BCUT2D eigenvalue weighted by Crippen LogP contribution is 2.30. The monoisotopic (exact) mass is 289 g/mol. The fraction of sp³-hybridized carbons (Fsp3) is 0.500. The molecule has 0 aliphatic carbocycles. The molecule has 2 atom stereocenters. The summed E-state index contributed by atoms with van der Waals surface area (Å²) >= 11 is 5.82. The number of hydrogen-bond donors (Lipinski definition) is 1. The van der Waals surface area contributed by atoms with Gasteiger partial charge in [-0.25, -0.2) is 8.42 Å². The lowest BCUT2D eigenvalue weighted by Crippen LogP contribution is -2.45. The molecule has 100 valence electrons. The van der Waals surface area contributed by atoms with Crippen molar-refractivity contribution in [2.24, 2.45) is 0 Å². The fourth-order valence-corrected chi connectivity index (χ4v) is 3.29. The quantitative estimate of drug-likeness (QED) is 0.896. The lowest BCUT2D eigenvalue weighted by molar-refractivity contribution is 0.0857. The number of halogens is 1. The maximum Gasteiger partial charge on any atom is 0.211 e. The second kappa shape index (κ2) is 5.17. The maximum absolute atomic E-state index is 11.4. The Hall–Kier alpha value is -0.620. The van der Waals surface area contributed by atoms with E-state index in [0.29, 0.717) is 18.0 Å². The first kappa shape index (κ1) is 13.8. The molecular formula is C12H16ClNO3S. The lowest BCUT2D eigenvalue weighted by atomic mass is 9.88. The smallest absolute Gasteiger partial charge is 0.211 e. The Morgan fingerprint density at radius 3 is 2.44 bits per heavy atom. The van der Waals surface area contributed by atoms with Gasteiger partial charge in [0.25, 0.3) is 0 Å². The molecule has 18 heavy (non-hydrogen) atoms. The molecule has 1 N–H and O–H groups in total. The van der Waals surface area contributed by atoms with Crippen LogP contribution in [0.5, 0.6) is 0 Å². The van der Waals surface area contributed by atoms with E-state index in [0.717, 1.165) is 5.56 Å². The topological polar surface area (TPSA) is 57.6 Å². The Balaban J connectivity index is 2.12. The maximum atomic E-state index is 11.4. The average molecular weight is 290 g/mol. The molecule has 0 amide bonds. The highest BCUT2D eigenvalue weighted by atomic mass is 35.5. The molecule has 0 aromatic heterocycles. The van der Waals surface area contributed by atoms with Crippen molar-refractivity contribution >= 4 is 21.6 Å². The van der Waals surface area contributed by atoms with E-state index in [9.17, 15) is 13.5 Å². The van der Waals surface area contributed by atoms with Gasteiger partial charge >= 0.3 is 0 Å². The second-order valence-corrected chi connectivity index (χ2v) is 7.05. The largest absolute Gasteiger partial charge is 0.391 e. The predicted octanol–water partition coefficient (Wildman–Crippen LogP) is 1.45. The average Bonchev–Trinajstić information content (AvgIpc) is 2.29. The van der Waals surface area contributed by atoms with Gasteiger partial charge in [-0.05, 0) is 24.1 Å². The van der Waals surface area contributed by atoms with Gasteiger partial charge in [0.2, 0.25) is 10.0 Å². The van der Waals surface area contributed by atoms with Gasteiger partial charge in [0.1, 0.15) is 0 Å². The van der Waals surface area contributed by atoms with Crippen LogP contribution in [0, 0.1) is 0 Å². The highest BCUT2D eigenvalue weighted by Gasteiger charge is 2.32. The van der Waals surface area contributed by atoms with E-state index >= 15 is 0 Å². The molecule has 2 rings (SSSR count). The van der Waals surface area contributed by atoms with Crippen LogP contribution < -0.4 is 0 Å². The third-order valence-electron chi connectivity index (χ3n) is 3.31. The first-order valence-electron chi connectivity index (χ1n) is 5.76. The number of rotatable bonds is 2. The van der Waals surface area contributed by atoms with Gasteiger partial charge in [0.15, 0.2) is 0 Å². The molecule has 1 aromatic rings. The Morgan fingerprint density at radius 2 is 1.94 bits per heavy atom. The zero-order valence-electron chi connectivity index (χ0n) is 10.1. The Bertz CT molecular complexity index is 515. The van der Waals surface area contributed by atoms with E-state index in [4.69, 9.17) is 11.6 Å². The standard InChI is InChI=1S/C12H16ClNO3S/c1-18(16,17)14-7-6-11(12(15)8-14)9-2-4-10(13)5-3-9/h2-5,11-12,15H,6-8H2,1H3. The Morgan fingerprint density at radius 1 is 1.33 bits per heavy atom. The van der Waals surface area contributed by atoms with Crippen LogP contribution in [0.3, 0.4) is 0 Å². The third-order valence-corrected chi connectivity index (χ3v) is 4.83. The van der Waals surface area contributed by atoms with Gasteiger partial charge in [0, 0.05) is 24.0 Å². The molecule has 0 bridgehead atoms. The summed E-state index contributed by atoms with van der Waals surface area (Å²) in [6, 6.07) is 7.33. The van der Waals surface area contributed by atoms with Crippen molar-refractivity contribution in [3.05, 3.63) is 34.9 Å². The van der Waals surface area contributed by atoms with E-state index in [-0.39, 0.29) is 12.5 Å². The number of sulfonamides is 1. The van der Waals surface area contributed by atoms with Gasteiger partial charge in [-0.3, -0.25) is 0 Å². The molecule has 1 saturated heterocycles. The molecule has 0 radical (unpaired) electrons. The number of aliphatic hydroxyl groups is 1. The second-order valence-electron chi connectivity index (χ2n) is 4.64. The van der Waals surface area contributed by atoms with E-state index < -0.39 is 16.1 Å². The van der Waals surface area contributed by atoms with Crippen molar-refractivity contribution in [3.8, 4) is 0 Å². The Labute approximate surface area is 112 Å². The summed E-state index contributed by atoms with van der Waals surface area (Å²) in [4.78, 5) is 0. The summed E-state index contributed by atoms with van der Waals surface area (Å²) in [7, 11) is -3.22. The third kappa shape index (κ3) is 3.03. The number of aliphatic hydroxyl groups excluding tert-OH is 1. The van der Waals surface area contributed by atoms with Crippen LogP contribution in [0.1, 0.15) is 17.9 Å². The summed E-state index contributed by atoms with van der Waals surface area (Å²) in [5.41, 5.74) is 1.00. The minimum absolute atomic E-state index is 0.0275. The summed E-state index contributed by atoms with van der Waals surface area (Å²) in [5.74, 6) is -0.0275. The van der Waals surface area contributed by atoms with Gasteiger partial charge in [-0.1, -0.05) is 23.7 Å². The molecule has 2 unspecified atom stereocenters. The SMILES string of the molecule is CS(=O)(=O)N1CCC(c2ccc(Cl)cc2)C(O)C1.